The molecule has 116 valence electrons. The van der Waals surface area contributed by atoms with Crippen LogP contribution in [0.25, 0.3) is 0 Å². The highest BCUT2D eigenvalue weighted by Gasteiger charge is 2.22. The molecule has 5 nitrogen and oxygen atoms in total. The quantitative estimate of drug-likeness (QED) is 0.776. The topological polar surface area (TPSA) is 49.9 Å². The van der Waals surface area contributed by atoms with Crippen molar-refractivity contribution in [2.75, 3.05) is 40.9 Å². The molecule has 21 heavy (non-hydrogen) atoms. The van der Waals surface area contributed by atoms with E-state index in [9.17, 15) is 14.0 Å². The molecule has 0 heterocycles. The Kier molecular flexibility index (Phi) is 6.77. The molecule has 0 atom stereocenters. The van der Waals surface area contributed by atoms with Crippen molar-refractivity contribution in [3.05, 3.63) is 34.1 Å². The van der Waals surface area contributed by atoms with Crippen LogP contribution in [0.4, 0.5) is 4.39 Å². The zero-order valence-electron chi connectivity index (χ0n) is 12.2. The number of ether oxygens (including phenoxy) is 1. The van der Waals surface area contributed by atoms with Crippen LogP contribution >= 0.6 is 15.9 Å². The number of methoxy groups -OCH3 is 1. The Morgan fingerprint density at radius 1 is 1.33 bits per heavy atom. The number of rotatable bonds is 6. The summed E-state index contributed by atoms with van der Waals surface area (Å²) in [5.74, 6) is -1.16. The molecule has 0 saturated heterocycles. The summed E-state index contributed by atoms with van der Waals surface area (Å²) in [5, 5.41) is 0. The van der Waals surface area contributed by atoms with E-state index >= 15 is 0 Å². The Morgan fingerprint density at radius 2 is 2.00 bits per heavy atom. The average molecular weight is 361 g/mol. The van der Waals surface area contributed by atoms with Crippen LogP contribution in [0.3, 0.4) is 0 Å². The van der Waals surface area contributed by atoms with E-state index in [0.29, 0.717) is 6.61 Å². The minimum atomic E-state index is -0.522. The third kappa shape index (κ3) is 4.78. The Balaban J connectivity index is 2.98. The molecular weight excluding hydrogens is 343 g/mol. The summed E-state index contributed by atoms with van der Waals surface area (Å²) in [6.07, 6.45) is 0. The van der Waals surface area contributed by atoms with Crippen molar-refractivity contribution in [1.29, 1.82) is 0 Å². The second-order valence-corrected chi connectivity index (χ2v) is 5.40. The summed E-state index contributed by atoms with van der Waals surface area (Å²) >= 11 is 3.06. The van der Waals surface area contributed by atoms with E-state index in [1.54, 1.807) is 14.1 Å². The number of nitrogens with zero attached hydrogens (tertiary/aromatic N) is 2. The molecule has 1 aromatic rings. The number of halogens is 2. The van der Waals surface area contributed by atoms with Crippen molar-refractivity contribution in [2.24, 2.45) is 0 Å². The van der Waals surface area contributed by atoms with Crippen molar-refractivity contribution in [1.82, 2.24) is 9.80 Å². The Labute approximate surface area is 131 Å². The van der Waals surface area contributed by atoms with E-state index in [1.807, 2.05) is 0 Å². The predicted octanol–water partition coefficient (Wildman–Crippen LogP) is 1.77. The molecule has 0 N–H and O–H groups in total. The summed E-state index contributed by atoms with van der Waals surface area (Å²) in [7, 11) is 4.73. The molecule has 0 fully saturated rings. The fourth-order valence-electron chi connectivity index (χ4n) is 1.60. The standard InChI is InChI=1S/C14H18BrFN2O3/c1-17(2)12(19)9-18(7-8-21-3)14(20)10-5-4-6-11(16)13(10)15/h4-6H,7-9H2,1-3H3. The highest BCUT2D eigenvalue weighted by atomic mass is 79.9. The molecule has 7 heteroatoms. The van der Waals surface area contributed by atoms with E-state index in [1.165, 1.54) is 35.1 Å². The Morgan fingerprint density at radius 3 is 2.57 bits per heavy atom. The van der Waals surface area contributed by atoms with Gasteiger partial charge in [-0.15, -0.1) is 0 Å². The van der Waals surface area contributed by atoms with E-state index in [4.69, 9.17) is 4.74 Å². The monoisotopic (exact) mass is 360 g/mol. The number of hydrogen-bond donors (Lipinski definition) is 0. The van der Waals surface area contributed by atoms with Gasteiger partial charge in [0.25, 0.3) is 5.91 Å². The van der Waals surface area contributed by atoms with Crippen LogP contribution in [0.2, 0.25) is 0 Å². The van der Waals surface area contributed by atoms with Crippen LogP contribution in [-0.4, -0.2) is 62.5 Å². The van der Waals surface area contributed by atoms with Gasteiger partial charge in [-0.1, -0.05) is 6.07 Å². The molecule has 2 amide bonds. The van der Waals surface area contributed by atoms with Crippen LogP contribution < -0.4 is 0 Å². The minimum Gasteiger partial charge on any atom is -0.383 e. The lowest BCUT2D eigenvalue weighted by Crippen LogP contribution is -2.42. The zero-order valence-corrected chi connectivity index (χ0v) is 13.8. The molecule has 0 spiro atoms. The molecular formula is C14H18BrFN2O3. The maximum atomic E-state index is 13.5. The van der Waals surface area contributed by atoms with Crippen LogP contribution in [-0.2, 0) is 9.53 Å². The summed E-state index contributed by atoms with van der Waals surface area (Å²) in [6, 6.07) is 4.22. The molecule has 0 aliphatic heterocycles. The van der Waals surface area contributed by atoms with Gasteiger partial charge < -0.3 is 14.5 Å². The fourth-order valence-corrected chi connectivity index (χ4v) is 2.03. The summed E-state index contributed by atoms with van der Waals surface area (Å²) in [6.45, 7) is 0.454. The maximum Gasteiger partial charge on any atom is 0.255 e. The molecule has 0 aromatic heterocycles. The number of carbonyl (C=O) groups excluding carboxylic acids is 2. The van der Waals surface area contributed by atoms with Crippen LogP contribution in [0.1, 0.15) is 10.4 Å². The van der Waals surface area contributed by atoms with Crippen molar-refractivity contribution >= 4 is 27.7 Å². The number of carbonyl (C=O) groups is 2. The van der Waals surface area contributed by atoms with Gasteiger partial charge >= 0.3 is 0 Å². The van der Waals surface area contributed by atoms with Crippen LogP contribution in [0.15, 0.2) is 22.7 Å². The molecule has 0 bridgehead atoms. The normalized spacial score (nSPS) is 10.3. The number of likely N-dealkylation sites (N-methyl/N-ethyl adjacent to an activating group) is 1. The van der Waals surface area contributed by atoms with E-state index < -0.39 is 11.7 Å². The van der Waals surface area contributed by atoms with Gasteiger partial charge in [-0.3, -0.25) is 9.59 Å². The number of hydrogen-bond acceptors (Lipinski definition) is 3. The first-order chi connectivity index (χ1) is 9.88. The number of benzene rings is 1. The molecule has 0 aliphatic carbocycles. The van der Waals surface area contributed by atoms with Gasteiger partial charge in [0.1, 0.15) is 12.4 Å². The molecule has 0 saturated carbocycles. The Hall–Kier alpha value is -1.47. The van der Waals surface area contributed by atoms with Gasteiger partial charge in [-0.2, -0.15) is 0 Å². The molecule has 0 radical (unpaired) electrons. The second kappa shape index (κ2) is 8.09. The van der Waals surface area contributed by atoms with Gasteiger partial charge in [0.2, 0.25) is 5.91 Å². The van der Waals surface area contributed by atoms with E-state index in [-0.39, 0.29) is 29.0 Å². The second-order valence-electron chi connectivity index (χ2n) is 4.61. The smallest absolute Gasteiger partial charge is 0.255 e. The van der Waals surface area contributed by atoms with Gasteiger partial charge in [0.05, 0.1) is 16.6 Å². The van der Waals surface area contributed by atoms with Gasteiger partial charge in [0, 0.05) is 27.7 Å². The fraction of sp³-hybridized carbons (Fsp3) is 0.429. The molecule has 0 unspecified atom stereocenters. The van der Waals surface area contributed by atoms with Gasteiger partial charge in [0.15, 0.2) is 0 Å². The van der Waals surface area contributed by atoms with Crippen molar-refractivity contribution in [3.63, 3.8) is 0 Å². The molecule has 1 aromatic carbocycles. The summed E-state index contributed by atoms with van der Waals surface area (Å²) in [4.78, 5) is 27.0. The van der Waals surface area contributed by atoms with Gasteiger partial charge in [-0.05, 0) is 28.1 Å². The minimum absolute atomic E-state index is 0.0852. The first kappa shape index (κ1) is 17.6. The lowest BCUT2D eigenvalue weighted by atomic mass is 10.2. The third-order valence-electron chi connectivity index (χ3n) is 2.86. The lowest BCUT2D eigenvalue weighted by molar-refractivity contribution is -0.129. The summed E-state index contributed by atoms with van der Waals surface area (Å²) in [5.41, 5.74) is 0.178. The molecule has 0 aliphatic rings. The van der Waals surface area contributed by atoms with Crippen molar-refractivity contribution < 1.29 is 18.7 Å². The van der Waals surface area contributed by atoms with Gasteiger partial charge in [-0.25, -0.2) is 4.39 Å². The van der Waals surface area contributed by atoms with Crippen molar-refractivity contribution in [2.45, 2.75) is 0 Å². The van der Waals surface area contributed by atoms with E-state index in [2.05, 4.69) is 15.9 Å². The predicted molar refractivity (Wildman–Crippen MR) is 80.6 cm³/mol. The number of amides is 2. The summed E-state index contributed by atoms with van der Waals surface area (Å²) < 4.78 is 18.6. The molecule has 1 rings (SSSR count). The van der Waals surface area contributed by atoms with Crippen LogP contribution in [0, 0.1) is 5.82 Å². The van der Waals surface area contributed by atoms with E-state index in [0.717, 1.165) is 0 Å². The zero-order chi connectivity index (χ0) is 16.0. The highest BCUT2D eigenvalue weighted by Crippen LogP contribution is 2.21. The largest absolute Gasteiger partial charge is 0.383 e. The Bertz CT molecular complexity index is 523. The third-order valence-corrected chi connectivity index (χ3v) is 3.67. The van der Waals surface area contributed by atoms with Crippen molar-refractivity contribution in [3.8, 4) is 0 Å². The lowest BCUT2D eigenvalue weighted by Gasteiger charge is -2.24. The maximum absolute atomic E-state index is 13.5. The first-order valence-corrected chi connectivity index (χ1v) is 7.10. The average Bonchev–Trinajstić information content (AvgIpc) is 2.45. The first-order valence-electron chi connectivity index (χ1n) is 6.30. The highest BCUT2D eigenvalue weighted by molar-refractivity contribution is 9.10. The van der Waals surface area contributed by atoms with Crippen LogP contribution in [0.5, 0.6) is 0 Å². The SMILES string of the molecule is COCCN(CC(=O)N(C)C)C(=O)c1cccc(F)c1Br.